The van der Waals surface area contributed by atoms with Crippen molar-refractivity contribution in [3.63, 3.8) is 0 Å². The minimum Gasteiger partial charge on any atom is -0.370 e. The van der Waals surface area contributed by atoms with Gasteiger partial charge in [-0.3, -0.25) is 4.90 Å². The average Bonchev–Trinajstić information content (AvgIpc) is 2.16. The Morgan fingerprint density at radius 1 is 1.41 bits per heavy atom. The topological polar surface area (TPSA) is 84.7 Å². The Labute approximate surface area is 111 Å². The Kier molecular flexibility index (Phi) is 5.78. The van der Waals surface area contributed by atoms with Crippen LogP contribution in [0.25, 0.3) is 0 Å². The molecule has 2 amide bonds. The number of nitrogens with zero attached hydrogens (tertiary/aromatic N) is 2. The summed E-state index contributed by atoms with van der Waals surface area (Å²) in [6.45, 7) is 1.85. The standard InChI is InChI=1S/C10H13ClN4O.ClH/c1-6-4-3-5-7(11)8(6)15(2)10(16)14-9(12)13;/h3-5H,1-2H3,(H4,12,13,14,16);1H. The first-order valence-electron chi connectivity index (χ1n) is 4.56. The highest BCUT2D eigenvalue weighted by molar-refractivity contribution is 6.34. The summed E-state index contributed by atoms with van der Waals surface area (Å²) in [6.07, 6.45) is 0. The van der Waals surface area contributed by atoms with E-state index in [0.29, 0.717) is 10.7 Å². The third-order valence-corrected chi connectivity index (χ3v) is 2.34. The number of carbonyl (C=O) groups excluding carboxylic acids is 1. The molecule has 0 heterocycles. The molecular weight excluding hydrogens is 263 g/mol. The average molecular weight is 277 g/mol. The lowest BCUT2D eigenvalue weighted by atomic mass is 10.2. The highest BCUT2D eigenvalue weighted by Gasteiger charge is 2.15. The first kappa shape index (κ1) is 15.5. The molecule has 1 aromatic rings. The fourth-order valence-electron chi connectivity index (χ4n) is 1.33. The largest absolute Gasteiger partial charge is 0.370 e. The van der Waals surface area contributed by atoms with Gasteiger partial charge < -0.3 is 11.5 Å². The van der Waals surface area contributed by atoms with Crippen molar-refractivity contribution in [1.29, 1.82) is 0 Å². The zero-order valence-electron chi connectivity index (χ0n) is 9.48. The maximum atomic E-state index is 11.6. The fourth-order valence-corrected chi connectivity index (χ4v) is 1.68. The second kappa shape index (κ2) is 6.32. The first-order chi connectivity index (χ1) is 7.43. The van der Waals surface area contributed by atoms with E-state index in [-0.39, 0.29) is 18.4 Å². The van der Waals surface area contributed by atoms with Crippen molar-refractivity contribution in [2.24, 2.45) is 16.5 Å². The van der Waals surface area contributed by atoms with Gasteiger partial charge in [-0.1, -0.05) is 23.7 Å². The number of nitrogens with two attached hydrogens (primary N) is 2. The van der Waals surface area contributed by atoms with Gasteiger partial charge in [-0.15, -0.1) is 12.4 Å². The molecule has 0 spiro atoms. The second-order valence-electron chi connectivity index (χ2n) is 3.28. The Balaban J connectivity index is 0.00000256. The van der Waals surface area contributed by atoms with Crippen LogP contribution in [0.4, 0.5) is 10.5 Å². The van der Waals surface area contributed by atoms with Crippen molar-refractivity contribution in [1.82, 2.24) is 0 Å². The predicted molar refractivity (Wildman–Crippen MR) is 73.0 cm³/mol. The van der Waals surface area contributed by atoms with Gasteiger partial charge in [0.1, 0.15) is 0 Å². The van der Waals surface area contributed by atoms with Crippen LogP contribution < -0.4 is 16.4 Å². The van der Waals surface area contributed by atoms with Gasteiger partial charge in [0.15, 0.2) is 5.96 Å². The molecule has 7 heteroatoms. The van der Waals surface area contributed by atoms with Gasteiger partial charge in [-0.25, -0.2) is 4.79 Å². The van der Waals surface area contributed by atoms with Crippen LogP contribution in [0.5, 0.6) is 0 Å². The summed E-state index contributed by atoms with van der Waals surface area (Å²) < 4.78 is 0. The van der Waals surface area contributed by atoms with Crippen LogP contribution in [-0.4, -0.2) is 19.0 Å². The summed E-state index contributed by atoms with van der Waals surface area (Å²) in [7, 11) is 1.56. The van der Waals surface area contributed by atoms with Gasteiger partial charge in [0.2, 0.25) is 0 Å². The quantitative estimate of drug-likeness (QED) is 0.607. The lowest BCUT2D eigenvalue weighted by Crippen LogP contribution is -2.30. The molecule has 0 saturated heterocycles. The van der Waals surface area contributed by atoms with E-state index in [4.69, 9.17) is 23.1 Å². The van der Waals surface area contributed by atoms with Crippen molar-refractivity contribution in [3.8, 4) is 0 Å². The number of halogens is 2. The third-order valence-electron chi connectivity index (χ3n) is 2.04. The Morgan fingerprint density at radius 3 is 2.47 bits per heavy atom. The molecule has 1 aromatic carbocycles. The molecule has 5 nitrogen and oxygen atoms in total. The normalized spacial score (nSPS) is 9.12. The number of benzene rings is 1. The van der Waals surface area contributed by atoms with Gasteiger partial charge in [-0.05, 0) is 18.6 Å². The summed E-state index contributed by atoms with van der Waals surface area (Å²) >= 11 is 6.00. The SMILES string of the molecule is Cc1cccc(Cl)c1N(C)C(=O)N=C(N)N.Cl. The highest BCUT2D eigenvalue weighted by atomic mass is 35.5. The molecule has 0 aliphatic carbocycles. The van der Waals surface area contributed by atoms with E-state index in [9.17, 15) is 4.79 Å². The number of hydrogen-bond donors (Lipinski definition) is 2. The van der Waals surface area contributed by atoms with Crippen molar-refractivity contribution in [3.05, 3.63) is 28.8 Å². The Hall–Kier alpha value is -1.46. The van der Waals surface area contributed by atoms with Crippen LogP contribution in [0, 0.1) is 6.92 Å². The molecule has 0 atom stereocenters. The zero-order chi connectivity index (χ0) is 12.3. The molecule has 0 bridgehead atoms. The molecule has 0 radical (unpaired) electrons. The fraction of sp³-hybridized carbons (Fsp3) is 0.200. The number of aliphatic imine (C=N–C) groups is 1. The van der Waals surface area contributed by atoms with E-state index in [1.54, 1.807) is 19.2 Å². The van der Waals surface area contributed by atoms with Crippen LogP contribution in [-0.2, 0) is 0 Å². The minimum atomic E-state index is -0.559. The number of guanidine groups is 1. The molecule has 0 saturated carbocycles. The Bertz CT molecular complexity index is 424. The summed E-state index contributed by atoms with van der Waals surface area (Å²) in [5, 5.41) is 0.474. The minimum absolute atomic E-state index is 0. The highest BCUT2D eigenvalue weighted by Crippen LogP contribution is 2.28. The van der Waals surface area contributed by atoms with Crippen molar-refractivity contribution < 1.29 is 4.79 Å². The number of aryl methyl sites for hydroxylation is 1. The van der Waals surface area contributed by atoms with Crippen molar-refractivity contribution in [2.75, 3.05) is 11.9 Å². The van der Waals surface area contributed by atoms with Gasteiger partial charge in [0.05, 0.1) is 10.7 Å². The molecule has 0 aromatic heterocycles. The van der Waals surface area contributed by atoms with Gasteiger partial charge in [-0.2, -0.15) is 4.99 Å². The van der Waals surface area contributed by atoms with E-state index in [1.807, 2.05) is 13.0 Å². The number of hydrogen-bond acceptors (Lipinski definition) is 1. The summed E-state index contributed by atoms with van der Waals surface area (Å²) in [4.78, 5) is 16.3. The number of para-hydroxylation sites is 1. The van der Waals surface area contributed by atoms with E-state index in [1.165, 1.54) is 4.90 Å². The molecule has 0 unspecified atom stereocenters. The second-order valence-corrected chi connectivity index (χ2v) is 3.69. The monoisotopic (exact) mass is 276 g/mol. The number of urea groups is 1. The van der Waals surface area contributed by atoms with Crippen LogP contribution in [0.3, 0.4) is 0 Å². The smallest absolute Gasteiger partial charge is 0.351 e. The van der Waals surface area contributed by atoms with Crippen LogP contribution in [0.2, 0.25) is 5.02 Å². The van der Waals surface area contributed by atoms with Crippen molar-refractivity contribution >= 4 is 41.7 Å². The molecule has 94 valence electrons. The summed E-state index contributed by atoms with van der Waals surface area (Å²) in [5.41, 5.74) is 11.7. The van der Waals surface area contributed by atoms with E-state index >= 15 is 0 Å². The zero-order valence-corrected chi connectivity index (χ0v) is 11.0. The van der Waals surface area contributed by atoms with Gasteiger partial charge in [0.25, 0.3) is 0 Å². The molecule has 17 heavy (non-hydrogen) atoms. The number of anilines is 1. The van der Waals surface area contributed by atoms with E-state index in [0.717, 1.165) is 5.56 Å². The number of rotatable bonds is 1. The maximum Gasteiger partial charge on any atom is 0.351 e. The Morgan fingerprint density at radius 2 is 2.00 bits per heavy atom. The molecule has 1 rings (SSSR count). The van der Waals surface area contributed by atoms with Crippen LogP contribution in [0.1, 0.15) is 5.56 Å². The maximum absolute atomic E-state index is 11.6. The molecule has 0 aliphatic heterocycles. The lowest BCUT2D eigenvalue weighted by molar-refractivity contribution is 0.255. The molecular formula is C10H14Cl2N4O. The van der Waals surface area contributed by atoms with Crippen LogP contribution >= 0.6 is 24.0 Å². The summed E-state index contributed by atoms with van der Waals surface area (Å²) in [5.74, 6) is -0.276. The summed E-state index contributed by atoms with van der Waals surface area (Å²) in [6, 6.07) is 4.79. The lowest BCUT2D eigenvalue weighted by Gasteiger charge is -2.18. The molecule has 4 N–H and O–H groups in total. The third kappa shape index (κ3) is 3.80. The van der Waals surface area contributed by atoms with Gasteiger partial charge in [0, 0.05) is 7.05 Å². The molecule has 0 aliphatic rings. The van der Waals surface area contributed by atoms with Crippen molar-refractivity contribution in [2.45, 2.75) is 6.92 Å². The number of amides is 2. The predicted octanol–water partition coefficient (Wildman–Crippen LogP) is 1.90. The number of carbonyl (C=O) groups is 1. The van der Waals surface area contributed by atoms with Gasteiger partial charge >= 0.3 is 6.03 Å². The van der Waals surface area contributed by atoms with E-state index < -0.39 is 6.03 Å². The molecule has 0 fully saturated rings. The van der Waals surface area contributed by atoms with E-state index in [2.05, 4.69) is 4.99 Å². The van der Waals surface area contributed by atoms with Crippen LogP contribution in [0.15, 0.2) is 23.2 Å². The first-order valence-corrected chi connectivity index (χ1v) is 4.93.